The number of nitrogens with zero attached hydrogens (tertiary/aromatic N) is 1. The average molecular weight is 487 g/mol. The van der Waals surface area contributed by atoms with Gasteiger partial charge in [0.05, 0.1) is 6.10 Å². The molecule has 1 aromatic carbocycles. The van der Waals surface area contributed by atoms with E-state index in [0.717, 1.165) is 42.6 Å². The number of rotatable bonds is 8. The third kappa shape index (κ3) is 6.82. The maximum atomic E-state index is 6.08. The van der Waals surface area contributed by atoms with Gasteiger partial charge in [-0.2, -0.15) is 0 Å². The van der Waals surface area contributed by atoms with Gasteiger partial charge in [0.25, 0.3) is 0 Å². The van der Waals surface area contributed by atoms with E-state index in [4.69, 9.17) is 9.47 Å². The van der Waals surface area contributed by atoms with E-state index in [1.165, 1.54) is 24.8 Å². The van der Waals surface area contributed by atoms with E-state index in [1.807, 2.05) is 7.05 Å². The van der Waals surface area contributed by atoms with Gasteiger partial charge in [-0.3, -0.25) is 4.99 Å². The Balaban J connectivity index is 0.00000261. The molecule has 2 N–H and O–H groups in total. The van der Waals surface area contributed by atoms with Crippen molar-refractivity contribution in [1.82, 2.24) is 10.6 Å². The minimum absolute atomic E-state index is 0. The summed E-state index contributed by atoms with van der Waals surface area (Å²) >= 11 is 0. The molecule has 5 nitrogen and oxygen atoms in total. The lowest BCUT2D eigenvalue weighted by molar-refractivity contribution is 0.0676. The molecule has 152 valence electrons. The van der Waals surface area contributed by atoms with Crippen molar-refractivity contribution >= 4 is 29.9 Å². The lowest BCUT2D eigenvalue weighted by Crippen LogP contribution is -2.38. The van der Waals surface area contributed by atoms with Gasteiger partial charge in [0.2, 0.25) is 0 Å². The van der Waals surface area contributed by atoms with Crippen LogP contribution >= 0.6 is 24.0 Å². The second kappa shape index (κ2) is 11.1. The smallest absolute Gasteiger partial charge is 0.191 e. The number of ether oxygens (including phenoxy) is 2. The monoisotopic (exact) mass is 487 g/mol. The Kier molecular flexibility index (Phi) is 9.15. The van der Waals surface area contributed by atoms with Crippen molar-refractivity contribution in [3.05, 3.63) is 29.3 Å². The summed E-state index contributed by atoms with van der Waals surface area (Å²) in [6.07, 6.45) is 6.28. The summed E-state index contributed by atoms with van der Waals surface area (Å²) in [6.45, 7) is 6.53. The Morgan fingerprint density at radius 1 is 1.37 bits per heavy atom. The summed E-state index contributed by atoms with van der Waals surface area (Å²) in [6, 6.07) is 6.96. The number of aryl methyl sites for hydroxylation is 1. The molecule has 3 atom stereocenters. The third-order valence-corrected chi connectivity index (χ3v) is 5.25. The largest absolute Gasteiger partial charge is 0.491 e. The highest BCUT2D eigenvalue weighted by Crippen LogP contribution is 2.34. The van der Waals surface area contributed by atoms with Crippen molar-refractivity contribution in [2.75, 3.05) is 20.3 Å². The molecule has 3 unspecified atom stereocenters. The summed E-state index contributed by atoms with van der Waals surface area (Å²) in [4.78, 5) is 4.37. The van der Waals surface area contributed by atoms with Crippen molar-refractivity contribution in [1.29, 1.82) is 0 Å². The molecular formula is C21H34IN3O2. The fraction of sp³-hybridized carbons (Fsp3) is 0.667. The minimum atomic E-state index is 0. The van der Waals surface area contributed by atoms with Crippen LogP contribution in [0.25, 0.3) is 0 Å². The van der Waals surface area contributed by atoms with Crippen LogP contribution in [0, 0.1) is 12.8 Å². The first-order valence-corrected chi connectivity index (χ1v) is 10.0. The molecule has 1 saturated heterocycles. The highest BCUT2D eigenvalue weighted by molar-refractivity contribution is 14.0. The van der Waals surface area contributed by atoms with Gasteiger partial charge in [0.1, 0.15) is 12.4 Å². The predicted molar refractivity (Wildman–Crippen MR) is 121 cm³/mol. The summed E-state index contributed by atoms with van der Waals surface area (Å²) < 4.78 is 11.8. The zero-order chi connectivity index (χ0) is 18.4. The van der Waals surface area contributed by atoms with Crippen LogP contribution in [-0.4, -0.2) is 38.4 Å². The molecule has 6 heteroatoms. The maximum absolute atomic E-state index is 6.08. The Bertz CT molecular complexity index is 617. The zero-order valence-electron chi connectivity index (χ0n) is 16.8. The zero-order valence-corrected chi connectivity index (χ0v) is 19.1. The molecule has 0 bridgehead atoms. The molecule has 0 aromatic heterocycles. The van der Waals surface area contributed by atoms with Crippen molar-refractivity contribution < 1.29 is 9.47 Å². The van der Waals surface area contributed by atoms with E-state index in [1.54, 1.807) is 0 Å². The van der Waals surface area contributed by atoms with Crippen LogP contribution in [0.15, 0.2) is 23.2 Å². The summed E-state index contributed by atoms with van der Waals surface area (Å²) in [5.74, 6) is 2.63. The lowest BCUT2D eigenvalue weighted by atomic mass is 10.1. The Hall–Kier alpha value is -1.02. The number of benzene rings is 1. The van der Waals surface area contributed by atoms with Crippen LogP contribution in [0.4, 0.5) is 0 Å². The first-order valence-electron chi connectivity index (χ1n) is 10.0. The van der Waals surface area contributed by atoms with Gasteiger partial charge in [0.15, 0.2) is 5.96 Å². The molecule has 1 aromatic rings. The van der Waals surface area contributed by atoms with E-state index in [9.17, 15) is 0 Å². The second-order valence-electron chi connectivity index (χ2n) is 7.52. The Labute approximate surface area is 180 Å². The number of hydrogen-bond acceptors (Lipinski definition) is 3. The molecule has 0 amide bonds. The number of halogens is 1. The van der Waals surface area contributed by atoms with E-state index < -0.39 is 0 Å². The quantitative estimate of drug-likeness (QED) is 0.331. The lowest BCUT2D eigenvalue weighted by Gasteiger charge is -2.17. The number of hydrogen-bond donors (Lipinski definition) is 2. The summed E-state index contributed by atoms with van der Waals surface area (Å²) in [5.41, 5.74) is 2.36. The first kappa shape index (κ1) is 22.3. The number of nitrogens with one attached hydrogen (secondary N) is 2. The topological polar surface area (TPSA) is 54.9 Å². The van der Waals surface area contributed by atoms with Crippen molar-refractivity contribution in [3.63, 3.8) is 0 Å². The van der Waals surface area contributed by atoms with Crippen molar-refractivity contribution in [2.24, 2.45) is 10.9 Å². The van der Waals surface area contributed by atoms with Gasteiger partial charge in [-0.15, -0.1) is 24.0 Å². The van der Waals surface area contributed by atoms with Gasteiger partial charge in [0, 0.05) is 31.8 Å². The fourth-order valence-corrected chi connectivity index (χ4v) is 3.56. The molecule has 1 aliphatic carbocycles. The highest BCUT2D eigenvalue weighted by Gasteiger charge is 2.36. The van der Waals surface area contributed by atoms with E-state index >= 15 is 0 Å². The fourth-order valence-electron chi connectivity index (χ4n) is 3.56. The minimum Gasteiger partial charge on any atom is -0.491 e. The van der Waals surface area contributed by atoms with Crippen LogP contribution in [-0.2, 0) is 11.3 Å². The van der Waals surface area contributed by atoms with E-state index in [-0.39, 0.29) is 30.1 Å². The van der Waals surface area contributed by atoms with Crippen LogP contribution in [0.5, 0.6) is 5.75 Å². The molecule has 0 radical (unpaired) electrons. The highest BCUT2D eigenvalue weighted by atomic mass is 127. The number of aliphatic imine (C=N–C) groups is 1. The Morgan fingerprint density at radius 3 is 2.93 bits per heavy atom. The SMILES string of the molecule is CCCC1CC1NC(=NC)NCc1ccc(C)cc1OCC1CCCO1.I. The van der Waals surface area contributed by atoms with Crippen molar-refractivity contribution in [3.8, 4) is 5.75 Å². The normalized spacial score (nSPS) is 24.3. The molecule has 1 aliphatic heterocycles. The molecule has 3 rings (SSSR count). The summed E-state index contributed by atoms with van der Waals surface area (Å²) in [5, 5.41) is 6.97. The molecule has 2 fully saturated rings. The van der Waals surface area contributed by atoms with Crippen LogP contribution in [0.2, 0.25) is 0 Å². The third-order valence-electron chi connectivity index (χ3n) is 5.25. The standard InChI is InChI=1S/C21H33N3O2.HI/c1-4-6-16-12-19(16)24-21(22-3)23-13-17-9-8-15(2)11-20(17)26-14-18-7-5-10-25-18;/h8-9,11,16,18-19H,4-7,10,12-14H2,1-3H3,(H2,22,23,24);1H. The van der Waals surface area contributed by atoms with Gasteiger partial charge in [-0.05, 0) is 50.2 Å². The number of guanidine groups is 1. The van der Waals surface area contributed by atoms with Gasteiger partial charge in [-0.1, -0.05) is 25.5 Å². The summed E-state index contributed by atoms with van der Waals surface area (Å²) in [7, 11) is 1.83. The van der Waals surface area contributed by atoms with Crippen LogP contribution in [0.1, 0.15) is 50.2 Å². The van der Waals surface area contributed by atoms with Crippen LogP contribution < -0.4 is 15.4 Å². The molecule has 1 heterocycles. The molecule has 0 spiro atoms. The predicted octanol–water partition coefficient (Wildman–Crippen LogP) is 4.02. The van der Waals surface area contributed by atoms with Gasteiger partial charge < -0.3 is 20.1 Å². The van der Waals surface area contributed by atoms with E-state index in [0.29, 0.717) is 19.2 Å². The van der Waals surface area contributed by atoms with E-state index in [2.05, 4.69) is 47.7 Å². The molecule has 27 heavy (non-hydrogen) atoms. The van der Waals surface area contributed by atoms with Gasteiger partial charge in [-0.25, -0.2) is 0 Å². The van der Waals surface area contributed by atoms with Crippen LogP contribution in [0.3, 0.4) is 0 Å². The second-order valence-corrected chi connectivity index (χ2v) is 7.52. The maximum Gasteiger partial charge on any atom is 0.191 e. The first-order chi connectivity index (χ1) is 12.7. The van der Waals surface area contributed by atoms with Crippen molar-refractivity contribution in [2.45, 2.75) is 64.6 Å². The van der Waals surface area contributed by atoms with Gasteiger partial charge >= 0.3 is 0 Å². The molecule has 1 saturated carbocycles. The molecular weight excluding hydrogens is 453 g/mol. The average Bonchev–Trinajstić information content (AvgIpc) is 3.15. The Morgan fingerprint density at radius 2 is 2.22 bits per heavy atom. The molecule has 2 aliphatic rings.